The largest absolute Gasteiger partial charge is 0.396 e. The zero-order chi connectivity index (χ0) is 8.69. The first-order valence-corrected chi connectivity index (χ1v) is 6.37. The summed E-state index contributed by atoms with van der Waals surface area (Å²) in [6, 6.07) is 0. The van der Waals surface area contributed by atoms with Crippen molar-refractivity contribution in [1.29, 1.82) is 0 Å². The summed E-state index contributed by atoms with van der Waals surface area (Å²) in [5, 5.41) is 9.96. The molecule has 1 nitrogen and oxygen atoms in total. The number of hydrogen-bond donors (Lipinski definition) is 1. The van der Waals surface area contributed by atoms with Gasteiger partial charge in [-0.3, -0.25) is 0 Å². The molecule has 0 aromatic heterocycles. The van der Waals surface area contributed by atoms with Gasteiger partial charge in [0.05, 0.1) is 0 Å². The third-order valence-electron chi connectivity index (χ3n) is 1.18. The van der Waals surface area contributed by atoms with Crippen molar-refractivity contribution in [3.05, 3.63) is 0 Å². The van der Waals surface area contributed by atoms with E-state index in [9.17, 15) is 0 Å². The van der Waals surface area contributed by atoms with Gasteiger partial charge in [0.15, 0.2) is 0 Å². The lowest BCUT2D eigenvalue weighted by Crippen LogP contribution is -1.97. The fourth-order valence-corrected chi connectivity index (χ4v) is 2.83. The molecule has 1 atom stereocenters. The van der Waals surface area contributed by atoms with Crippen LogP contribution in [0.5, 0.6) is 0 Å². The van der Waals surface area contributed by atoms with Gasteiger partial charge in [-0.05, 0) is 12.8 Å². The van der Waals surface area contributed by atoms with Crippen LogP contribution in [0.2, 0.25) is 0 Å². The fraction of sp³-hybridized carbons (Fsp3) is 1.00. The predicted molar refractivity (Wildman–Crippen MR) is 56.1 cm³/mol. The van der Waals surface area contributed by atoms with Gasteiger partial charge in [-0.25, -0.2) is 0 Å². The maximum atomic E-state index is 8.58. The maximum Gasteiger partial charge on any atom is 0.0431 e. The quantitative estimate of drug-likeness (QED) is 0.657. The second-order valence-corrected chi connectivity index (χ2v) is 6.20. The normalized spacial score (nSPS) is 13.9. The Morgan fingerprint density at radius 3 is 2.27 bits per heavy atom. The molecule has 3 heteroatoms. The third kappa shape index (κ3) is 8.57. The van der Waals surface area contributed by atoms with Crippen molar-refractivity contribution in [3.8, 4) is 0 Å². The second-order valence-electron chi connectivity index (χ2n) is 2.92. The highest BCUT2D eigenvalue weighted by Gasteiger charge is 2.03. The Balaban J connectivity index is 3.15. The molecule has 0 aliphatic heterocycles. The van der Waals surface area contributed by atoms with E-state index in [4.69, 9.17) is 5.11 Å². The third-order valence-corrected chi connectivity index (χ3v) is 4.71. The molecule has 0 saturated heterocycles. The molecule has 0 aromatic rings. The molecule has 0 saturated carbocycles. The highest BCUT2D eigenvalue weighted by molar-refractivity contribution is 8.77. The molecule has 0 fully saturated rings. The van der Waals surface area contributed by atoms with Gasteiger partial charge in [0, 0.05) is 17.1 Å². The van der Waals surface area contributed by atoms with Gasteiger partial charge in [0.1, 0.15) is 0 Å². The SMILES string of the molecule is CC(C)SSC(C)CCCO. The van der Waals surface area contributed by atoms with Crippen LogP contribution in [0.15, 0.2) is 0 Å². The van der Waals surface area contributed by atoms with Crippen molar-refractivity contribution in [2.45, 2.75) is 44.1 Å². The first kappa shape index (κ1) is 11.7. The Bertz CT molecular complexity index is 86.2. The summed E-state index contributed by atoms with van der Waals surface area (Å²) in [7, 11) is 3.85. The molecule has 0 amide bonds. The van der Waals surface area contributed by atoms with Gasteiger partial charge in [-0.15, -0.1) is 0 Å². The van der Waals surface area contributed by atoms with E-state index in [1.165, 1.54) is 0 Å². The Kier molecular flexibility index (Phi) is 7.76. The van der Waals surface area contributed by atoms with Crippen LogP contribution in [0.1, 0.15) is 33.6 Å². The molecule has 0 radical (unpaired) electrons. The van der Waals surface area contributed by atoms with Gasteiger partial charge in [-0.1, -0.05) is 42.4 Å². The lowest BCUT2D eigenvalue weighted by atomic mass is 10.3. The van der Waals surface area contributed by atoms with E-state index in [0.717, 1.165) is 12.8 Å². The van der Waals surface area contributed by atoms with Crippen LogP contribution in [-0.4, -0.2) is 22.2 Å². The van der Waals surface area contributed by atoms with Gasteiger partial charge >= 0.3 is 0 Å². The van der Waals surface area contributed by atoms with Crippen LogP contribution in [-0.2, 0) is 0 Å². The van der Waals surface area contributed by atoms with Crippen LogP contribution in [0.3, 0.4) is 0 Å². The smallest absolute Gasteiger partial charge is 0.0431 e. The average Bonchev–Trinajstić information content (AvgIpc) is 1.97. The van der Waals surface area contributed by atoms with Crippen molar-refractivity contribution < 1.29 is 5.11 Å². The minimum Gasteiger partial charge on any atom is -0.396 e. The number of hydrogen-bond acceptors (Lipinski definition) is 3. The van der Waals surface area contributed by atoms with E-state index in [1.807, 2.05) is 21.6 Å². The molecule has 0 bridgehead atoms. The number of aliphatic hydroxyl groups is 1. The summed E-state index contributed by atoms with van der Waals surface area (Å²) in [6.07, 6.45) is 2.06. The lowest BCUT2D eigenvalue weighted by molar-refractivity contribution is 0.285. The van der Waals surface area contributed by atoms with Crippen molar-refractivity contribution >= 4 is 21.6 Å². The van der Waals surface area contributed by atoms with Crippen molar-refractivity contribution in [2.24, 2.45) is 0 Å². The van der Waals surface area contributed by atoms with Crippen molar-refractivity contribution in [3.63, 3.8) is 0 Å². The summed E-state index contributed by atoms with van der Waals surface area (Å²) < 4.78 is 0. The lowest BCUT2D eigenvalue weighted by Gasteiger charge is -2.10. The second kappa shape index (κ2) is 7.32. The maximum absolute atomic E-state index is 8.58. The summed E-state index contributed by atoms with van der Waals surface area (Å²) in [6.45, 7) is 6.96. The highest BCUT2D eigenvalue weighted by atomic mass is 33.1. The minimum atomic E-state index is 0.331. The molecule has 0 aliphatic carbocycles. The molecular formula is C8H18OS2. The van der Waals surface area contributed by atoms with Crippen LogP contribution in [0, 0.1) is 0 Å². The first-order chi connectivity index (χ1) is 5.16. The minimum absolute atomic E-state index is 0.331. The Hall–Kier alpha value is 0.660. The molecule has 0 rings (SSSR count). The molecule has 0 aliphatic rings. The van der Waals surface area contributed by atoms with Gasteiger partial charge in [-0.2, -0.15) is 0 Å². The molecule has 0 aromatic carbocycles. The monoisotopic (exact) mass is 194 g/mol. The Morgan fingerprint density at radius 1 is 1.18 bits per heavy atom. The Labute approximate surface area is 77.7 Å². The molecular weight excluding hydrogens is 176 g/mol. The van der Waals surface area contributed by atoms with Crippen molar-refractivity contribution in [2.75, 3.05) is 6.61 Å². The molecule has 0 spiro atoms. The molecule has 1 unspecified atom stereocenters. The van der Waals surface area contributed by atoms with E-state index in [2.05, 4.69) is 20.8 Å². The van der Waals surface area contributed by atoms with E-state index in [1.54, 1.807) is 0 Å². The standard InChI is InChI=1S/C8H18OS2/c1-7(2)10-11-8(3)5-4-6-9/h7-9H,4-6H2,1-3H3. The van der Waals surface area contributed by atoms with Crippen LogP contribution >= 0.6 is 21.6 Å². The van der Waals surface area contributed by atoms with E-state index < -0.39 is 0 Å². The van der Waals surface area contributed by atoms with Crippen molar-refractivity contribution in [1.82, 2.24) is 0 Å². The number of rotatable bonds is 6. The molecule has 11 heavy (non-hydrogen) atoms. The summed E-state index contributed by atoms with van der Waals surface area (Å²) in [4.78, 5) is 0. The fourth-order valence-electron chi connectivity index (χ4n) is 0.633. The summed E-state index contributed by atoms with van der Waals surface area (Å²) in [5.41, 5.74) is 0. The van der Waals surface area contributed by atoms with Crippen LogP contribution in [0.4, 0.5) is 0 Å². The summed E-state index contributed by atoms with van der Waals surface area (Å²) in [5.74, 6) is 0. The predicted octanol–water partition coefficient (Wildman–Crippen LogP) is 2.94. The topological polar surface area (TPSA) is 20.2 Å². The van der Waals surface area contributed by atoms with Gasteiger partial charge in [0.2, 0.25) is 0 Å². The molecule has 0 heterocycles. The van der Waals surface area contributed by atoms with E-state index in [0.29, 0.717) is 17.1 Å². The highest BCUT2D eigenvalue weighted by Crippen LogP contribution is 2.32. The Morgan fingerprint density at radius 2 is 1.82 bits per heavy atom. The zero-order valence-corrected chi connectivity index (χ0v) is 9.17. The molecule has 1 N–H and O–H groups in total. The first-order valence-electron chi connectivity index (χ1n) is 4.09. The van der Waals surface area contributed by atoms with E-state index >= 15 is 0 Å². The molecule has 68 valence electrons. The average molecular weight is 194 g/mol. The number of aliphatic hydroxyl groups excluding tert-OH is 1. The zero-order valence-electron chi connectivity index (χ0n) is 7.54. The summed E-state index contributed by atoms with van der Waals surface area (Å²) >= 11 is 0. The van der Waals surface area contributed by atoms with Gasteiger partial charge in [0.25, 0.3) is 0 Å². The van der Waals surface area contributed by atoms with Gasteiger partial charge < -0.3 is 5.11 Å². The van der Waals surface area contributed by atoms with Crippen LogP contribution < -0.4 is 0 Å². The van der Waals surface area contributed by atoms with E-state index in [-0.39, 0.29) is 0 Å². The van der Waals surface area contributed by atoms with Crippen LogP contribution in [0.25, 0.3) is 0 Å².